The summed E-state index contributed by atoms with van der Waals surface area (Å²) in [6.07, 6.45) is 39.3. The molecule has 0 rings (SSSR count). The summed E-state index contributed by atoms with van der Waals surface area (Å²) in [6, 6.07) is -0.997. The Morgan fingerprint density at radius 2 is 1.26 bits per heavy atom. The van der Waals surface area contributed by atoms with Crippen LogP contribution in [-0.4, -0.2) is 59.0 Å². The molecule has 0 bridgehead atoms. The Hall–Kier alpha value is -1.58. The molecule has 0 aliphatic heterocycles. The molecule has 9 nitrogen and oxygen atoms in total. The van der Waals surface area contributed by atoms with Crippen LogP contribution in [0.2, 0.25) is 0 Å². The predicted octanol–water partition coefficient (Wildman–Crippen LogP) is 9.52. The van der Waals surface area contributed by atoms with Gasteiger partial charge in [-0.1, -0.05) is 146 Å². The summed E-state index contributed by atoms with van der Waals surface area (Å²) in [5.74, 6) is -0.462. The van der Waals surface area contributed by atoms with Crippen LogP contribution in [0.1, 0.15) is 162 Å². The van der Waals surface area contributed by atoms with Crippen LogP contribution >= 0.6 is 7.82 Å². The molecule has 0 heterocycles. The highest BCUT2D eigenvalue weighted by atomic mass is 31.2. The first-order valence-corrected chi connectivity index (χ1v) is 21.3. The summed E-state index contributed by atoms with van der Waals surface area (Å²) in [6.45, 7) is 3.77. The minimum atomic E-state index is -4.40. The highest BCUT2D eigenvalue weighted by molar-refractivity contribution is 7.47. The quantitative estimate of drug-likeness (QED) is 0.0243. The van der Waals surface area contributed by atoms with Crippen molar-refractivity contribution in [2.24, 2.45) is 5.73 Å². The number of phosphoric acid groups is 1. The Morgan fingerprint density at radius 3 is 1.88 bits per heavy atom. The number of aliphatic hydroxyl groups excluding tert-OH is 2. The molecule has 10 heteroatoms. The van der Waals surface area contributed by atoms with Crippen molar-refractivity contribution in [1.29, 1.82) is 0 Å². The SMILES string of the molecule is CC/C=C\C/C=C\CCCCCCCCCCCCCCC(O)CC(=O)NC(COP(=O)(O)OCCN)C(O)/C=C/CC/C=C/CCCCC. The average Bonchev–Trinajstić information content (AvgIpc) is 3.09. The number of hydrogen-bond acceptors (Lipinski definition) is 7. The molecule has 0 aromatic rings. The van der Waals surface area contributed by atoms with E-state index in [0.29, 0.717) is 12.8 Å². The predicted molar refractivity (Wildman–Crippen MR) is 209 cm³/mol. The number of nitrogens with one attached hydrogen (secondary N) is 1. The number of allylic oxidation sites excluding steroid dienone is 7. The lowest BCUT2D eigenvalue weighted by Crippen LogP contribution is -2.46. The van der Waals surface area contributed by atoms with E-state index in [9.17, 15) is 24.5 Å². The molecule has 0 spiro atoms. The van der Waals surface area contributed by atoms with Crippen molar-refractivity contribution in [3.63, 3.8) is 0 Å². The van der Waals surface area contributed by atoms with E-state index in [-0.39, 0.29) is 19.6 Å². The third-order valence-corrected chi connectivity index (χ3v) is 9.43. The Balaban J connectivity index is 4.25. The van der Waals surface area contributed by atoms with Crippen molar-refractivity contribution in [3.05, 3.63) is 48.6 Å². The van der Waals surface area contributed by atoms with Crippen LogP contribution in [0.15, 0.2) is 48.6 Å². The zero-order chi connectivity index (χ0) is 37.0. The number of carbonyl (C=O) groups is 1. The van der Waals surface area contributed by atoms with Crippen molar-refractivity contribution in [2.75, 3.05) is 19.8 Å². The molecule has 0 fully saturated rings. The molecule has 0 saturated heterocycles. The number of hydrogen-bond donors (Lipinski definition) is 5. The molecule has 4 atom stereocenters. The number of rotatable bonds is 36. The van der Waals surface area contributed by atoms with Gasteiger partial charge in [-0.15, -0.1) is 0 Å². The van der Waals surface area contributed by atoms with Gasteiger partial charge < -0.3 is 26.2 Å². The molecule has 1 amide bonds. The van der Waals surface area contributed by atoms with Crippen LogP contribution in [0.5, 0.6) is 0 Å². The largest absolute Gasteiger partial charge is 0.472 e. The minimum absolute atomic E-state index is 0.0429. The van der Waals surface area contributed by atoms with Crippen LogP contribution in [0.4, 0.5) is 0 Å². The summed E-state index contributed by atoms with van der Waals surface area (Å²) in [5.41, 5.74) is 5.34. The van der Waals surface area contributed by atoms with Gasteiger partial charge in [-0.3, -0.25) is 13.8 Å². The maximum Gasteiger partial charge on any atom is 0.472 e. The van der Waals surface area contributed by atoms with Gasteiger partial charge in [0.05, 0.1) is 37.9 Å². The molecule has 0 saturated carbocycles. The number of nitrogens with two attached hydrogens (primary N) is 1. The van der Waals surface area contributed by atoms with E-state index in [4.69, 9.17) is 14.8 Å². The normalized spacial score (nSPS) is 15.4. The standard InChI is InChI=1S/C40H75N2O7P/c1-3-5-7-9-11-13-14-15-16-17-18-19-20-21-22-24-25-27-29-31-37(43)35-40(45)42-38(36-49-50(46,47)48-34-33-41)39(44)32-30-28-26-23-12-10-8-6-4-2/h5,7,11-13,23,30,32,37-39,43-44H,3-4,6,8-10,14-22,24-29,31,33-36,41H2,1-2H3,(H,42,45)(H,46,47)/b7-5-,13-11-,23-12+,32-30+. The maximum atomic E-state index is 12.7. The van der Waals surface area contributed by atoms with Gasteiger partial charge in [0.25, 0.3) is 0 Å². The van der Waals surface area contributed by atoms with E-state index in [1.165, 1.54) is 83.5 Å². The highest BCUT2D eigenvalue weighted by Crippen LogP contribution is 2.43. The van der Waals surface area contributed by atoms with Crippen molar-refractivity contribution in [3.8, 4) is 0 Å². The second kappa shape index (κ2) is 35.8. The monoisotopic (exact) mass is 727 g/mol. The summed E-state index contributed by atoms with van der Waals surface area (Å²) in [7, 11) is -4.40. The Kier molecular flexibility index (Phi) is 34.7. The zero-order valence-electron chi connectivity index (χ0n) is 31.7. The van der Waals surface area contributed by atoms with Crippen LogP contribution in [0, 0.1) is 0 Å². The molecule has 50 heavy (non-hydrogen) atoms. The van der Waals surface area contributed by atoms with Crippen LogP contribution in [0.3, 0.4) is 0 Å². The van der Waals surface area contributed by atoms with Gasteiger partial charge in [-0.05, 0) is 57.8 Å². The van der Waals surface area contributed by atoms with Gasteiger partial charge in [0.15, 0.2) is 0 Å². The zero-order valence-corrected chi connectivity index (χ0v) is 32.6. The molecular formula is C40H75N2O7P. The smallest absolute Gasteiger partial charge is 0.393 e. The summed E-state index contributed by atoms with van der Waals surface area (Å²) in [4.78, 5) is 22.6. The Bertz CT molecular complexity index is 941. The molecule has 4 unspecified atom stereocenters. The van der Waals surface area contributed by atoms with E-state index in [1.54, 1.807) is 6.08 Å². The second-order valence-electron chi connectivity index (χ2n) is 13.3. The third kappa shape index (κ3) is 33.6. The number of amides is 1. The Morgan fingerprint density at radius 1 is 0.720 bits per heavy atom. The first-order chi connectivity index (χ1) is 24.3. The summed E-state index contributed by atoms with van der Waals surface area (Å²) >= 11 is 0. The summed E-state index contributed by atoms with van der Waals surface area (Å²) in [5, 5.41) is 23.9. The van der Waals surface area contributed by atoms with Crippen molar-refractivity contribution < 1.29 is 33.5 Å². The van der Waals surface area contributed by atoms with Crippen LogP contribution in [0.25, 0.3) is 0 Å². The minimum Gasteiger partial charge on any atom is -0.393 e. The number of unbranched alkanes of at least 4 members (excludes halogenated alkanes) is 16. The molecule has 0 radical (unpaired) electrons. The van der Waals surface area contributed by atoms with Crippen molar-refractivity contribution in [1.82, 2.24) is 5.32 Å². The van der Waals surface area contributed by atoms with Gasteiger partial charge in [-0.2, -0.15) is 0 Å². The van der Waals surface area contributed by atoms with E-state index < -0.39 is 38.6 Å². The van der Waals surface area contributed by atoms with E-state index in [1.807, 2.05) is 6.08 Å². The van der Waals surface area contributed by atoms with E-state index in [0.717, 1.165) is 44.9 Å². The fourth-order valence-electron chi connectivity index (χ4n) is 5.46. The maximum absolute atomic E-state index is 12.7. The first kappa shape index (κ1) is 48.4. The lowest BCUT2D eigenvalue weighted by Gasteiger charge is -2.24. The van der Waals surface area contributed by atoms with Gasteiger partial charge in [0.1, 0.15) is 0 Å². The van der Waals surface area contributed by atoms with Gasteiger partial charge in [-0.25, -0.2) is 4.57 Å². The van der Waals surface area contributed by atoms with Crippen molar-refractivity contribution in [2.45, 2.75) is 180 Å². The van der Waals surface area contributed by atoms with Crippen LogP contribution in [-0.2, 0) is 18.4 Å². The second-order valence-corrected chi connectivity index (χ2v) is 14.7. The first-order valence-electron chi connectivity index (χ1n) is 19.8. The topological polar surface area (TPSA) is 151 Å². The number of aliphatic hydroxyl groups is 2. The van der Waals surface area contributed by atoms with Gasteiger partial charge >= 0.3 is 7.82 Å². The fraction of sp³-hybridized carbons (Fsp3) is 0.775. The third-order valence-electron chi connectivity index (χ3n) is 8.44. The molecule has 0 aliphatic carbocycles. The van der Waals surface area contributed by atoms with Crippen LogP contribution < -0.4 is 11.1 Å². The van der Waals surface area contributed by atoms with Gasteiger partial charge in [0, 0.05) is 6.54 Å². The number of phosphoric ester groups is 1. The Labute approximate surface area is 305 Å². The number of carbonyl (C=O) groups excluding carboxylic acids is 1. The average molecular weight is 727 g/mol. The molecule has 292 valence electrons. The summed E-state index contributed by atoms with van der Waals surface area (Å²) < 4.78 is 21.9. The fourth-order valence-corrected chi connectivity index (χ4v) is 6.22. The molecule has 6 N–H and O–H groups in total. The lowest BCUT2D eigenvalue weighted by atomic mass is 10.0. The highest BCUT2D eigenvalue weighted by Gasteiger charge is 2.27. The van der Waals surface area contributed by atoms with E-state index in [2.05, 4.69) is 55.6 Å². The lowest BCUT2D eigenvalue weighted by molar-refractivity contribution is -0.124. The van der Waals surface area contributed by atoms with E-state index >= 15 is 0 Å². The molecule has 0 aromatic heterocycles. The van der Waals surface area contributed by atoms with Crippen molar-refractivity contribution >= 4 is 13.7 Å². The molecule has 0 aromatic carbocycles. The van der Waals surface area contributed by atoms with Gasteiger partial charge in [0.2, 0.25) is 5.91 Å². The molecule has 0 aliphatic rings. The molecular weight excluding hydrogens is 651 g/mol.